The summed E-state index contributed by atoms with van der Waals surface area (Å²) in [5.41, 5.74) is 14.2. The van der Waals surface area contributed by atoms with E-state index in [0.717, 1.165) is 0 Å². The van der Waals surface area contributed by atoms with Gasteiger partial charge in [-0.05, 0) is 0 Å². The fourth-order valence-electron chi connectivity index (χ4n) is 0.122. The van der Waals surface area contributed by atoms with Crippen LogP contribution in [0, 0.1) is 0 Å². The Hall–Kier alpha value is -0.0626. The Kier molecular flexibility index (Phi) is 13.4. The summed E-state index contributed by atoms with van der Waals surface area (Å²) in [4.78, 5) is 2.68. The van der Waals surface area contributed by atoms with Crippen LogP contribution < -0.4 is 18.9 Å². The molecule has 0 aromatic rings. The molecule has 0 atom stereocenters. The van der Waals surface area contributed by atoms with E-state index < -0.39 is 0 Å². The van der Waals surface area contributed by atoms with E-state index in [2.05, 4.69) is 4.79 Å². The third kappa shape index (κ3) is 10.7. The third-order valence-corrected chi connectivity index (χ3v) is 0.355. The molecule has 0 heterocycles. The van der Waals surface area contributed by atoms with E-state index in [4.69, 9.17) is 11.3 Å². The molecule has 0 rings (SSSR count). The zero-order valence-corrected chi connectivity index (χ0v) is 4.39. The minimum atomic E-state index is 0. The minimum Gasteiger partial charge on any atom is -0.677 e. The van der Waals surface area contributed by atoms with E-state index in [1.807, 2.05) is 0 Å². The number of rotatable bonds is 2. The van der Waals surface area contributed by atoms with Crippen LogP contribution in [-0.4, -0.2) is 17.5 Å². The predicted molar refractivity (Wildman–Crippen MR) is 23.5 cm³/mol. The first-order valence-corrected chi connectivity index (χ1v) is 1.72. The van der Waals surface area contributed by atoms with E-state index in [1.165, 1.54) is 6.21 Å². The zero-order valence-electron chi connectivity index (χ0n) is 4.39. The van der Waals surface area contributed by atoms with Gasteiger partial charge >= 0.3 is 18.9 Å². The van der Waals surface area contributed by atoms with Gasteiger partial charge in [-0.1, -0.05) is 0 Å². The van der Waals surface area contributed by atoms with Gasteiger partial charge in [0.05, 0.1) is 0 Å². The largest absolute Gasteiger partial charge is 1.00 e. The van der Waals surface area contributed by atoms with Gasteiger partial charge in [0.1, 0.15) is 0 Å². The summed E-state index contributed by atoms with van der Waals surface area (Å²) in [7, 11) is 0. The van der Waals surface area contributed by atoms with Crippen LogP contribution in [0.15, 0.2) is 0 Å². The molecule has 1 N–H and O–H groups in total. The van der Waals surface area contributed by atoms with E-state index in [-0.39, 0.29) is 18.9 Å². The van der Waals surface area contributed by atoms with E-state index >= 15 is 0 Å². The van der Waals surface area contributed by atoms with Crippen LogP contribution in [0.5, 0.6) is 0 Å². The summed E-state index contributed by atoms with van der Waals surface area (Å²) in [6.45, 7) is 0.296. The van der Waals surface area contributed by atoms with Crippen molar-refractivity contribution in [2.75, 3.05) is 6.54 Å². The van der Waals surface area contributed by atoms with Gasteiger partial charge in [-0.15, -0.1) is 6.54 Å². The molecule has 0 spiro atoms. The average Bonchev–Trinajstić information content (AvgIpc) is 1.61. The topological polar surface area (TPSA) is 60.2 Å². The van der Waals surface area contributed by atoms with Crippen LogP contribution in [0.3, 0.4) is 0 Å². The summed E-state index contributed by atoms with van der Waals surface area (Å²) in [6, 6.07) is 0. The fourth-order valence-corrected chi connectivity index (χ4v) is 0.122. The molecule has 7 heavy (non-hydrogen) atoms. The summed E-state index contributed by atoms with van der Waals surface area (Å²) in [5.74, 6) is 0. The van der Waals surface area contributed by atoms with Crippen molar-refractivity contribution in [1.29, 1.82) is 0 Å². The molecule has 0 saturated carbocycles. The van der Waals surface area contributed by atoms with Gasteiger partial charge in [-0.25, -0.2) is 0 Å². The van der Waals surface area contributed by atoms with Crippen LogP contribution in [0.1, 0.15) is 6.42 Å². The Labute approximate surface area is 54.7 Å². The molecular weight excluding hydrogens is 85.0 g/mol. The van der Waals surface area contributed by atoms with Crippen LogP contribution >= 0.6 is 0 Å². The molecule has 0 bridgehead atoms. The van der Waals surface area contributed by atoms with Crippen LogP contribution in [0.2, 0.25) is 0 Å². The molecule has 4 heteroatoms. The number of nitrogens with one attached hydrogen (secondary N) is 1. The minimum absolute atomic E-state index is 0. The van der Waals surface area contributed by atoms with Gasteiger partial charge < -0.3 is 11.3 Å². The Morgan fingerprint density at radius 2 is 2.29 bits per heavy atom. The maximum Gasteiger partial charge on any atom is 1.00 e. The Morgan fingerprint density at radius 3 is 2.43 bits per heavy atom. The van der Waals surface area contributed by atoms with Crippen molar-refractivity contribution in [1.82, 2.24) is 0 Å². The second-order valence-corrected chi connectivity index (χ2v) is 0.837. The summed E-state index contributed by atoms with van der Waals surface area (Å²) < 4.78 is 0. The molecule has 0 fully saturated rings. The standard InChI is InChI=1S/C3H6N3.Li/c4-2-1-3-6-5;/h3-4H,1-2H2;/q-1;+1. The van der Waals surface area contributed by atoms with Gasteiger partial charge in [-0.2, -0.15) is 4.79 Å². The van der Waals surface area contributed by atoms with Gasteiger partial charge in [0.15, 0.2) is 0 Å². The first kappa shape index (κ1) is 10.0. The van der Waals surface area contributed by atoms with Crippen LogP contribution in [0.4, 0.5) is 0 Å². The second kappa shape index (κ2) is 9.34. The molecule has 0 unspecified atom stereocenters. The van der Waals surface area contributed by atoms with Crippen molar-refractivity contribution in [2.45, 2.75) is 6.42 Å². The number of hydrogen-bond acceptors (Lipinski definition) is 0. The molecule has 3 nitrogen and oxygen atoms in total. The first-order chi connectivity index (χ1) is 2.91. The summed E-state index contributed by atoms with van der Waals surface area (Å²) in [5, 5.41) is 0. The first-order valence-electron chi connectivity index (χ1n) is 1.72. The maximum atomic E-state index is 7.68. The molecule has 0 aliphatic rings. The Bertz CT molecular complexity index is 66.6. The van der Waals surface area contributed by atoms with Crippen molar-refractivity contribution in [3.05, 3.63) is 11.3 Å². The Morgan fingerprint density at radius 1 is 1.71 bits per heavy atom. The zero-order chi connectivity index (χ0) is 4.83. The number of nitrogens with zero attached hydrogens (tertiary/aromatic N) is 2. The second-order valence-electron chi connectivity index (χ2n) is 0.837. The molecule has 0 amide bonds. The normalized spacial score (nSPS) is 5.86. The maximum absolute atomic E-state index is 7.68. The SMILES string of the molecule is [Li+].[N-]=[N+]=CCC[NH-]. The van der Waals surface area contributed by atoms with Crippen LogP contribution in [-0.2, 0) is 0 Å². The molecular formula is C3H6LiN3. The quantitative estimate of drug-likeness (QED) is 0.159. The van der Waals surface area contributed by atoms with Crippen molar-refractivity contribution in [3.8, 4) is 0 Å². The Balaban J connectivity index is 0. The predicted octanol–water partition coefficient (Wildman–Crippen LogP) is -2.27. The van der Waals surface area contributed by atoms with Gasteiger partial charge in [0, 0.05) is 6.42 Å². The molecule has 34 valence electrons. The molecule has 0 aromatic carbocycles. The molecule has 0 radical (unpaired) electrons. The molecule has 0 aliphatic carbocycles. The van der Waals surface area contributed by atoms with E-state index in [9.17, 15) is 0 Å². The monoisotopic (exact) mass is 91.1 g/mol. The van der Waals surface area contributed by atoms with E-state index in [0.29, 0.717) is 13.0 Å². The summed E-state index contributed by atoms with van der Waals surface area (Å²) >= 11 is 0. The smallest absolute Gasteiger partial charge is 0.677 e. The van der Waals surface area contributed by atoms with Crippen molar-refractivity contribution in [3.63, 3.8) is 0 Å². The molecule has 0 aromatic heterocycles. The molecule has 0 saturated heterocycles. The van der Waals surface area contributed by atoms with Crippen LogP contribution in [0.25, 0.3) is 11.3 Å². The van der Waals surface area contributed by atoms with Gasteiger partial charge in [0.25, 0.3) is 6.21 Å². The summed E-state index contributed by atoms with van der Waals surface area (Å²) in [6.07, 6.45) is 1.84. The van der Waals surface area contributed by atoms with Crippen molar-refractivity contribution < 1.29 is 23.7 Å². The number of hydrogen-bond donors (Lipinski definition) is 0. The van der Waals surface area contributed by atoms with Crippen molar-refractivity contribution >= 4 is 6.21 Å². The van der Waals surface area contributed by atoms with E-state index in [1.54, 1.807) is 0 Å². The van der Waals surface area contributed by atoms with Gasteiger partial charge in [-0.3, -0.25) is 0 Å². The van der Waals surface area contributed by atoms with Gasteiger partial charge in [0.2, 0.25) is 0 Å². The molecule has 0 aliphatic heterocycles. The third-order valence-electron chi connectivity index (χ3n) is 0.355. The average molecular weight is 91.0 g/mol. The van der Waals surface area contributed by atoms with Crippen molar-refractivity contribution in [2.24, 2.45) is 0 Å². The fraction of sp³-hybridized carbons (Fsp3) is 0.667.